The van der Waals surface area contributed by atoms with Crippen LogP contribution in [0.1, 0.15) is 6.42 Å². The van der Waals surface area contributed by atoms with E-state index >= 15 is 0 Å². The molecular formula is C3H15O10Pb7. The van der Waals surface area contributed by atoms with Crippen molar-refractivity contribution in [2.45, 2.75) is 19.0 Å². The molecular weight excluding hydrogens is 1650 g/mol. The maximum atomic E-state index is 5.62. The summed E-state index contributed by atoms with van der Waals surface area (Å²) in [5.74, 6) is 0. The molecule has 115 valence electrons. The standard InChI is InChI=1S/C3H4O4.3H2O.3O.7Pb.5H/c4-2(5)1-3(6)7;;;;;;;;;;;;;;;;;;/h2-3H,1H2;3*1H2;;;;;;;;;;;;;;;/q-4;;;;;;;;;;4*+1;;;;;. The Morgan fingerprint density at radius 1 is 1.05 bits per heavy atom. The van der Waals surface area contributed by atoms with Crippen molar-refractivity contribution >= 4 is 180 Å². The van der Waals surface area contributed by atoms with Gasteiger partial charge in [-0.05, 0) is 0 Å². The second kappa shape index (κ2) is 19.8. The average Bonchev–Trinajstić information content (AvgIpc) is 2.23. The van der Waals surface area contributed by atoms with Crippen LogP contribution in [0, 0.1) is 0 Å². The molecule has 3 aliphatic rings. The summed E-state index contributed by atoms with van der Waals surface area (Å²) in [5.41, 5.74) is 0. The van der Waals surface area contributed by atoms with E-state index < -0.39 is 73.3 Å². The maximum absolute atomic E-state index is 5.62. The molecule has 0 saturated carbocycles. The molecule has 0 aromatic rings. The number of fused-ring (bicyclic) bond motifs is 6. The van der Waals surface area contributed by atoms with Crippen molar-refractivity contribution in [1.29, 1.82) is 0 Å². The van der Waals surface area contributed by atoms with Gasteiger partial charge in [-0.25, -0.2) is 0 Å². The van der Waals surface area contributed by atoms with Crippen LogP contribution in [-0.2, 0) is 12.7 Å². The van der Waals surface area contributed by atoms with Gasteiger partial charge in [-0.15, -0.1) is 0 Å². The Morgan fingerprint density at radius 2 is 1.60 bits per heavy atom. The molecule has 13 radical (unpaired) electrons. The normalized spacial score (nSPS) is 28.8. The van der Waals surface area contributed by atoms with E-state index in [1.54, 1.807) is 0 Å². The predicted octanol–water partition coefficient (Wildman–Crippen LogP) is -6.73. The van der Waals surface area contributed by atoms with E-state index in [0.29, 0.717) is 58.9 Å². The van der Waals surface area contributed by atoms with Crippen LogP contribution in [0.4, 0.5) is 0 Å². The molecule has 0 aromatic carbocycles. The van der Waals surface area contributed by atoms with Gasteiger partial charge in [0.2, 0.25) is 0 Å². The van der Waals surface area contributed by atoms with E-state index in [4.69, 9.17) is 12.7 Å². The molecule has 0 amide bonds. The van der Waals surface area contributed by atoms with E-state index in [1.807, 2.05) is 0 Å². The molecule has 3 heterocycles. The minimum absolute atomic E-state index is 0. The number of hydrogen-bond acceptors (Lipinski definition) is 7. The molecule has 2 bridgehead atoms. The third kappa shape index (κ3) is 12.4. The van der Waals surface area contributed by atoms with Gasteiger partial charge in [0.05, 0.1) is 0 Å². The summed E-state index contributed by atoms with van der Waals surface area (Å²) in [4.78, 5) is 0. The summed E-state index contributed by atoms with van der Waals surface area (Å²) in [6.45, 7) is 0. The van der Waals surface area contributed by atoms with Crippen molar-refractivity contribution in [2.75, 3.05) is 0 Å². The van der Waals surface area contributed by atoms with Crippen molar-refractivity contribution in [2.24, 2.45) is 0 Å². The van der Waals surface area contributed by atoms with Gasteiger partial charge in [0, 0.05) is 0 Å². The van der Waals surface area contributed by atoms with Crippen LogP contribution in [0.2, 0.25) is 0 Å². The van der Waals surface area contributed by atoms with E-state index in [-0.39, 0.29) is 83.6 Å². The molecule has 6 N–H and O–H groups in total. The van der Waals surface area contributed by atoms with E-state index in [2.05, 4.69) is 0 Å². The average molecular weight is 1660 g/mol. The van der Waals surface area contributed by atoms with Crippen molar-refractivity contribution < 1.29 is 29.1 Å². The van der Waals surface area contributed by atoms with E-state index in [1.165, 1.54) is 0 Å². The predicted molar refractivity (Wildman–Crippen MR) is 77.9 cm³/mol. The van der Waals surface area contributed by atoms with Crippen molar-refractivity contribution in [1.82, 2.24) is 0 Å². The van der Waals surface area contributed by atoms with Crippen molar-refractivity contribution in [3.8, 4) is 0 Å². The second-order valence-corrected chi connectivity index (χ2v) is 37.2. The second-order valence-electron chi connectivity index (χ2n) is 2.58. The molecule has 3 rings (SSSR count). The third-order valence-corrected chi connectivity index (χ3v) is 46.2. The van der Waals surface area contributed by atoms with Gasteiger partial charge in [-0.3, -0.25) is 0 Å². The van der Waals surface area contributed by atoms with Gasteiger partial charge in [-0.2, -0.15) is 0 Å². The Bertz CT molecular complexity index is 205. The van der Waals surface area contributed by atoms with Crippen molar-refractivity contribution in [3.05, 3.63) is 0 Å². The molecule has 3 saturated heterocycles. The summed E-state index contributed by atoms with van der Waals surface area (Å²) in [6, 6.07) is 0. The molecule has 3 fully saturated rings. The van der Waals surface area contributed by atoms with Crippen LogP contribution < -0.4 is 0 Å². The quantitative estimate of drug-likeness (QED) is 0.249. The van der Waals surface area contributed by atoms with Gasteiger partial charge < -0.3 is 16.4 Å². The van der Waals surface area contributed by atoms with Crippen LogP contribution in [0.15, 0.2) is 0 Å². The fourth-order valence-corrected chi connectivity index (χ4v) is 62.2. The number of hydrogen-bond donors (Lipinski definition) is 0. The zero-order valence-electron chi connectivity index (χ0n) is 10.1. The molecule has 10 nitrogen and oxygen atoms in total. The first kappa shape index (κ1) is 33.6. The summed E-state index contributed by atoms with van der Waals surface area (Å²) in [7, 11) is 0. The summed E-state index contributed by atoms with van der Waals surface area (Å²) >= 11 is -5.74. The topological polar surface area (TPSA) is 159 Å². The van der Waals surface area contributed by atoms with Crippen LogP contribution in [0.5, 0.6) is 0 Å². The van der Waals surface area contributed by atoms with Gasteiger partial charge in [0.25, 0.3) is 0 Å². The monoisotopic (exact) mass is 1670 g/mol. The molecule has 0 spiro atoms. The Hall–Kier alpha value is 6.05. The van der Waals surface area contributed by atoms with E-state index in [0.717, 1.165) is 0 Å². The summed E-state index contributed by atoms with van der Waals surface area (Å²) in [5, 5.41) is 0. The Morgan fingerprint density at radius 3 is 2.10 bits per heavy atom. The molecule has 0 aromatic heterocycles. The van der Waals surface area contributed by atoms with Gasteiger partial charge in [0.1, 0.15) is 0 Å². The van der Waals surface area contributed by atoms with Gasteiger partial charge in [-0.1, -0.05) is 0 Å². The van der Waals surface area contributed by atoms with Crippen LogP contribution in [-0.4, -0.2) is 209 Å². The SMILES string of the molecule is O.O.O.[PbH].[PbH].[PbH][O]C1CC([O][PbH])[O][PbH]2[O][Pb]([O][Pb][O]1)[O]2. The Balaban J connectivity index is -0.000000256. The van der Waals surface area contributed by atoms with Gasteiger partial charge in [0.15, 0.2) is 0 Å². The number of rotatable bonds is 2. The van der Waals surface area contributed by atoms with Crippen LogP contribution in [0.25, 0.3) is 0 Å². The Kier molecular flexibility index (Phi) is 33.3. The molecule has 17 heteroatoms. The molecule has 2 atom stereocenters. The van der Waals surface area contributed by atoms with Crippen molar-refractivity contribution in [3.63, 3.8) is 0 Å². The first-order valence-corrected chi connectivity index (χ1v) is 21.1. The zero-order chi connectivity index (χ0) is 10.7. The molecule has 20 heavy (non-hydrogen) atoms. The van der Waals surface area contributed by atoms with Gasteiger partial charge >= 0.3 is 212 Å². The first-order chi connectivity index (χ1) is 7.31. The molecule has 3 aliphatic heterocycles. The zero-order valence-corrected chi connectivity index (χ0v) is 40.3. The minimum atomic E-state index is -2.67. The molecule has 2 unspecified atom stereocenters. The fourth-order valence-electron chi connectivity index (χ4n) is 0.937. The first-order valence-electron chi connectivity index (χ1n) is 3.96. The summed E-state index contributed by atoms with van der Waals surface area (Å²) in [6.07, 6.45) is 0.201. The van der Waals surface area contributed by atoms with E-state index in [9.17, 15) is 0 Å². The van der Waals surface area contributed by atoms with Crippen LogP contribution in [0.3, 0.4) is 0 Å². The molecule has 0 aliphatic carbocycles. The summed E-state index contributed by atoms with van der Waals surface area (Å²) < 4.78 is 38.5. The third-order valence-electron chi connectivity index (χ3n) is 1.64. The Labute approximate surface area is 223 Å². The fraction of sp³-hybridized carbons (Fsp3) is 1.00. The van der Waals surface area contributed by atoms with Crippen LogP contribution >= 0.6 is 0 Å².